The van der Waals surface area contributed by atoms with Crippen molar-refractivity contribution in [3.05, 3.63) is 97.4 Å². The van der Waals surface area contributed by atoms with E-state index in [4.69, 9.17) is 0 Å². The predicted molar refractivity (Wildman–Crippen MR) is 137 cm³/mol. The van der Waals surface area contributed by atoms with Crippen LogP contribution in [0, 0.1) is 5.92 Å². The summed E-state index contributed by atoms with van der Waals surface area (Å²) in [6, 6.07) is 23.6. The summed E-state index contributed by atoms with van der Waals surface area (Å²) < 4.78 is 2.71. The van der Waals surface area contributed by atoms with Crippen molar-refractivity contribution < 1.29 is 20.4 Å². The van der Waals surface area contributed by atoms with Crippen LogP contribution in [0.2, 0.25) is 12.1 Å². The van der Waals surface area contributed by atoms with Gasteiger partial charge in [0.1, 0.15) is 0 Å². The van der Waals surface area contributed by atoms with Gasteiger partial charge in [-0.25, -0.2) is 0 Å². The normalized spacial score (nSPS) is 21.8. The van der Waals surface area contributed by atoms with Crippen molar-refractivity contribution in [3.8, 4) is 0 Å². The van der Waals surface area contributed by atoms with Gasteiger partial charge in [-0.05, 0) is 0 Å². The van der Waals surface area contributed by atoms with Crippen molar-refractivity contribution in [2.45, 2.75) is 49.8 Å². The van der Waals surface area contributed by atoms with Crippen molar-refractivity contribution in [3.63, 3.8) is 0 Å². The van der Waals surface area contributed by atoms with Gasteiger partial charge in [-0.3, -0.25) is 0 Å². The first-order valence-corrected chi connectivity index (χ1v) is 19.3. The summed E-state index contributed by atoms with van der Waals surface area (Å²) in [6.07, 6.45) is 4.22. The molecule has 0 aromatic heterocycles. The number of benzene rings is 2. The maximum atomic E-state index is 2.72. The van der Waals surface area contributed by atoms with E-state index in [0.29, 0.717) is 5.92 Å². The summed E-state index contributed by atoms with van der Waals surface area (Å²) >= 11 is -1.83. The zero-order chi connectivity index (χ0) is 20.1. The van der Waals surface area contributed by atoms with Gasteiger partial charge < -0.3 is 0 Å². The van der Waals surface area contributed by atoms with Crippen molar-refractivity contribution in [1.29, 1.82) is 0 Å². The fourth-order valence-electron chi connectivity index (χ4n) is 5.47. The van der Waals surface area contributed by atoms with Crippen LogP contribution in [-0.2, 0) is 20.4 Å². The molecule has 31 heavy (non-hydrogen) atoms. The zero-order valence-corrected chi connectivity index (χ0v) is 24.0. The first kappa shape index (κ1) is 25.0. The van der Waals surface area contributed by atoms with Gasteiger partial charge >= 0.3 is 184 Å². The molecule has 0 nitrogen and oxygen atoms in total. The molecule has 0 N–H and O–H groups in total. The van der Waals surface area contributed by atoms with Crippen LogP contribution in [0.1, 0.15) is 54.4 Å². The van der Waals surface area contributed by atoms with Gasteiger partial charge in [0.2, 0.25) is 0 Å². The Morgan fingerprint density at radius 3 is 2.06 bits per heavy atom. The molecule has 2 atom stereocenters. The van der Waals surface area contributed by atoms with E-state index in [9.17, 15) is 0 Å². The Kier molecular flexibility index (Phi) is 8.12. The summed E-state index contributed by atoms with van der Waals surface area (Å²) in [5.74, 6) is 0.698. The standard InChI is InChI=1S/C15H11.C9H13.C3H6Si.2ClH.Zr/c1-2-6-12(7-3-1)15-11-10-13-8-4-5-9-14(13)15;1-6-5-7(2)9(4)8(6)3;1-2-4-3-1;;;/h1-11H;6H,1-4H3;1-3H2;2*1H;. The fraction of sp³-hybridized carbons (Fsp3) is 0.333. The van der Waals surface area contributed by atoms with Crippen LogP contribution in [0.5, 0.6) is 0 Å². The molecule has 0 bridgehead atoms. The summed E-state index contributed by atoms with van der Waals surface area (Å²) in [5.41, 5.74) is 10.8. The largest absolute Gasteiger partial charge is 0.147 e. The SMILES string of the molecule is CC1=C(C)C(C)[C]([Zr]([CH]2C=C(c3ccccc3)c3ccccc32)=[Si]2CCC2)=C1C.Cl.Cl. The van der Waals surface area contributed by atoms with Gasteiger partial charge in [-0.1, -0.05) is 0 Å². The molecule has 2 aromatic carbocycles. The topological polar surface area (TPSA) is 0 Å². The molecule has 0 radical (unpaired) electrons. The monoisotopic (exact) mass is 544 g/mol. The minimum Gasteiger partial charge on any atom is -0.147 e. The molecule has 162 valence electrons. The minimum absolute atomic E-state index is 0. The summed E-state index contributed by atoms with van der Waals surface area (Å²) in [6.45, 7) is 9.72. The van der Waals surface area contributed by atoms with Crippen LogP contribution in [0.15, 0.2) is 80.7 Å². The van der Waals surface area contributed by atoms with Gasteiger partial charge in [0.05, 0.1) is 0 Å². The van der Waals surface area contributed by atoms with Gasteiger partial charge in [-0.2, -0.15) is 0 Å². The second kappa shape index (κ2) is 10.1. The van der Waals surface area contributed by atoms with Crippen LogP contribution in [0.3, 0.4) is 0 Å². The number of rotatable bonds is 3. The smallest absolute Gasteiger partial charge is 0.147 e. The van der Waals surface area contributed by atoms with Gasteiger partial charge in [-0.15, -0.1) is 24.8 Å². The van der Waals surface area contributed by atoms with Crippen molar-refractivity contribution in [2.24, 2.45) is 5.92 Å². The van der Waals surface area contributed by atoms with Gasteiger partial charge in [0.25, 0.3) is 0 Å². The maximum Gasteiger partial charge on any atom is -0.147 e. The first-order valence-electron chi connectivity index (χ1n) is 11.0. The quantitative estimate of drug-likeness (QED) is 0.340. The minimum atomic E-state index is -1.83. The molecule has 5 rings (SSSR count). The Bertz CT molecular complexity index is 1120. The second-order valence-electron chi connectivity index (χ2n) is 8.95. The molecule has 1 heterocycles. The van der Waals surface area contributed by atoms with E-state index in [1.807, 2.05) is 3.28 Å². The Morgan fingerprint density at radius 2 is 1.48 bits per heavy atom. The number of hydrogen-bond donors (Lipinski definition) is 0. The third kappa shape index (κ3) is 4.19. The van der Waals surface area contributed by atoms with Gasteiger partial charge in [0.15, 0.2) is 0 Å². The van der Waals surface area contributed by atoms with Crippen molar-refractivity contribution in [2.75, 3.05) is 0 Å². The van der Waals surface area contributed by atoms with Crippen molar-refractivity contribution >= 4 is 35.8 Å². The molecule has 1 aliphatic heterocycles. The molecule has 2 unspecified atom stereocenters. The van der Waals surface area contributed by atoms with E-state index in [1.54, 1.807) is 34.4 Å². The number of fused-ring (bicyclic) bond motifs is 1. The van der Waals surface area contributed by atoms with Crippen LogP contribution in [0.4, 0.5) is 0 Å². The average Bonchev–Trinajstić information content (AvgIpc) is 3.18. The molecule has 1 saturated heterocycles. The number of hydrogen-bond acceptors (Lipinski definition) is 0. The van der Waals surface area contributed by atoms with E-state index < -0.39 is 20.4 Å². The Balaban J connectivity index is 0.00000136. The van der Waals surface area contributed by atoms with E-state index >= 15 is 0 Å². The fourth-order valence-corrected chi connectivity index (χ4v) is 30.1. The van der Waals surface area contributed by atoms with Crippen LogP contribution >= 0.6 is 24.8 Å². The van der Waals surface area contributed by atoms with Crippen LogP contribution < -0.4 is 0 Å². The molecule has 0 saturated carbocycles. The van der Waals surface area contributed by atoms with Gasteiger partial charge in [0, 0.05) is 0 Å². The molecular formula is C27H32Cl2SiZr. The van der Waals surface area contributed by atoms with Crippen LogP contribution in [-0.4, -0.2) is 5.43 Å². The number of allylic oxidation sites excluding steroid dienone is 5. The summed E-state index contributed by atoms with van der Waals surface area (Å²) in [4.78, 5) is 0. The average molecular weight is 547 g/mol. The second-order valence-corrected chi connectivity index (χ2v) is 24.4. The molecule has 1 fully saturated rings. The molecule has 2 aliphatic carbocycles. The van der Waals surface area contributed by atoms with E-state index in [1.165, 1.54) is 23.1 Å². The molecule has 0 spiro atoms. The Hall–Kier alpha value is -0.660. The van der Waals surface area contributed by atoms with E-state index in [-0.39, 0.29) is 30.2 Å². The third-order valence-electron chi connectivity index (χ3n) is 7.58. The molecular weight excluding hydrogens is 515 g/mol. The Labute approximate surface area is 208 Å². The van der Waals surface area contributed by atoms with E-state index in [2.05, 4.69) is 88.4 Å². The Morgan fingerprint density at radius 1 is 0.839 bits per heavy atom. The van der Waals surface area contributed by atoms with Crippen LogP contribution in [0.25, 0.3) is 5.57 Å². The molecule has 2 aromatic rings. The first-order chi connectivity index (χ1) is 14.1. The van der Waals surface area contributed by atoms with Crippen molar-refractivity contribution in [1.82, 2.24) is 0 Å². The molecule has 4 heteroatoms. The summed E-state index contributed by atoms with van der Waals surface area (Å²) in [5, 5.41) is 0. The van der Waals surface area contributed by atoms with E-state index in [0.717, 1.165) is 3.63 Å². The zero-order valence-electron chi connectivity index (χ0n) is 18.9. The molecule has 3 aliphatic rings. The number of halogens is 2. The molecule has 0 amide bonds. The predicted octanol–water partition coefficient (Wildman–Crippen LogP) is 8.29. The summed E-state index contributed by atoms with van der Waals surface area (Å²) in [7, 11) is 0. The maximum absolute atomic E-state index is 2.72. The third-order valence-corrected chi connectivity index (χ3v) is 29.1.